The molecule has 0 saturated heterocycles. The van der Waals surface area contributed by atoms with E-state index in [1.807, 2.05) is 6.92 Å². The van der Waals surface area contributed by atoms with Crippen LogP contribution in [0.3, 0.4) is 0 Å². The lowest BCUT2D eigenvalue weighted by Crippen LogP contribution is -2.49. The highest BCUT2D eigenvalue weighted by molar-refractivity contribution is 5.89. The molecular weight excluding hydrogens is 283 g/mol. The predicted molar refractivity (Wildman–Crippen MR) is 84.6 cm³/mol. The molecule has 1 rings (SSSR count). The summed E-state index contributed by atoms with van der Waals surface area (Å²) in [4.78, 5) is 26.0. The Labute approximate surface area is 131 Å². The summed E-state index contributed by atoms with van der Waals surface area (Å²) in [6, 6.07) is 5.56. The minimum absolute atomic E-state index is 0.171. The fourth-order valence-electron chi connectivity index (χ4n) is 1.95. The lowest BCUT2D eigenvalue weighted by Gasteiger charge is -2.27. The topological polar surface area (TPSA) is 49.4 Å². The number of carbonyl (C=O) groups is 2. The van der Waals surface area contributed by atoms with Gasteiger partial charge in [0, 0.05) is 18.5 Å². The molecule has 5 heteroatoms. The number of hydrogen-bond donors (Lipinski definition) is 1. The van der Waals surface area contributed by atoms with Gasteiger partial charge in [0.2, 0.25) is 11.8 Å². The summed E-state index contributed by atoms with van der Waals surface area (Å²) in [6.45, 7) is 9.72. The lowest BCUT2D eigenvalue weighted by atomic mass is 9.95. The fraction of sp³-hybridized carbons (Fsp3) is 0.529. The minimum atomic E-state index is -0.611. The molecule has 0 aliphatic carbocycles. The third kappa shape index (κ3) is 5.13. The van der Waals surface area contributed by atoms with Gasteiger partial charge < -0.3 is 10.2 Å². The monoisotopic (exact) mass is 308 g/mol. The van der Waals surface area contributed by atoms with Crippen LogP contribution in [0.5, 0.6) is 0 Å². The van der Waals surface area contributed by atoms with Gasteiger partial charge in [-0.1, -0.05) is 32.9 Å². The van der Waals surface area contributed by atoms with Crippen molar-refractivity contribution in [2.24, 2.45) is 5.41 Å². The molecule has 0 fully saturated rings. The van der Waals surface area contributed by atoms with Crippen molar-refractivity contribution in [3.05, 3.63) is 35.6 Å². The number of carbonyl (C=O) groups excluding carboxylic acids is 2. The molecule has 1 N–H and O–H groups in total. The van der Waals surface area contributed by atoms with Crippen molar-refractivity contribution in [1.82, 2.24) is 10.2 Å². The van der Waals surface area contributed by atoms with Gasteiger partial charge in [0.1, 0.15) is 11.9 Å². The summed E-state index contributed by atoms with van der Waals surface area (Å²) in [7, 11) is 0. The van der Waals surface area contributed by atoms with Gasteiger partial charge in [-0.05, 0) is 31.5 Å². The number of likely N-dealkylation sites (N-methyl/N-ethyl adjacent to an activating group) is 1. The summed E-state index contributed by atoms with van der Waals surface area (Å²) in [5, 5.41) is 2.73. The Kier molecular flexibility index (Phi) is 6.09. The Balaban J connectivity index is 2.73. The van der Waals surface area contributed by atoms with Gasteiger partial charge in [-0.15, -0.1) is 0 Å². The molecule has 1 aromatic rings. The molecule has 0 bridgehead atoms. The summed E-state index contributed by atoms with van der Waals surface area (Å²) in [5.74, 6) is -0.672. The zero-order valence-corrected chi connectivity index (χ0v) is 13.9. The molecule has 2 amide bonds. The van der Waals surface area contributed by atoms with Crippen LogP contribution in [0.4, 0.5) is 4.39 Å². The second kappa shape index (κ2) is 7.38. The predicted octanol–water partition coefficient (Wildman–Crippen LogP) is 2.73. The highest BCUT2D eigenvalue weighted by atomic mass is 19.1. The average molecular weight is 308 g/mol. The number of benzene rings is 1. The van der Waals surface area contributed by atoms with Crippen LogP contribution in [0.1, 0.15) is 40.2 Å². The van der Waals surface area contributed by atoms with Crippen molar-refractivity contribution in [1.29, 1.82) is 0 Å². The molecular formula is C17H25FN2O2. The molecule has 1 aromatic carbocycles. The van der Waals surface area contributed by atoms with Gasteiger partial charge in [-0.3, -0.25) is 9.59 Å². The Morgan fingerprint density at radius 3 is 2.45 bits per heavy atom. The maximum atomic E-state index is 13.2. The van der Waals surface area contributed by atoms with Crippen molar-refractivity contribution >= 4 is 11.8 Å². The molecule has 0 aliphatic heterocycles. The van der Waals surface area contributed by atoms with E-state index in [9.17, 15) is 14.0 Å². The first kappa shape index (κ1) is 18.1. The summed E-state index contributed by atoms with van der Waals surface area (Å²) < 4.78 is 13.2. The highest BCUT2D eigenvalue weighted by Gasteiger charge is 2.27. The quantitative estimate of drug-likeness (QED) is 0.909. The van der Waals surface area contributed by atoms with Crippen LogP contribution in [0.2, 0.25) is 0 Å². The molecule has 0 heterocycles. The first-order valence-corrected chi connectivity index (χ1v) is 7.49. The van der Waals surface area contributed by atoms with E-state index >= 15 is 0 Å². The fourth-order valence-corrected chi connectivity index (χ4v) is 1.95. The standard InChI is InChI=1S/C17H25FN2O2/c1-6-20(11-13-8-7-9-14(18)10-13)15(21)12(2)19-16(22)17(3,4)5/h7-10,12H,6,11H2,1-5H3,(H,19,22). The first-order chi connectivity index (χ1) is 10.1. The Bertz CT molecular complexity index is 538. The number of nitrogens with one attached hydrogen (secondary N) is 1. The molecule has 0 spiro atoms. The summed E-state index contributed by atoms with van der Waals surface area (Å²) in [5.41, 5.74) is 0.179. The van der Waals surface area contributed by atoms with Gasteiger partial charge >= 0.3 is 0 Å². The SMILES string of the molecule is CCN(Cc1cccc(F)c1)C(=O)C(C)NC(=O)C(C)(C)C. The molecule has 122 valence electrons. The smallest absolute Gasteiger partial charge is 0.245 e. The Hall–Kier alpha value is -1.91. The molecule has 0 aromatic heterocycles. The average Bonchev–Trinajstić information content (AvgIpc) is 2.43. The van der Waals surface area contributed by atoms with E-state index in [-0.39, 0.29) is 17.6 Å². The second-order valence-electron chi connectivity index (χ2n) is 6.43. The van der Waals surface area contributed by atoms with Crippen LogP contribution >= 0.6 is 0 Å². The third-order valence-electron chi connectivity index (χ3n) is 3.36. The molecule has 0 radical (unpaired) electrons. The number of rotatable bonds is 5. The first-order valence-electron chi connectivity index (χ1n) is 7.49. The second-order valence-corrected chi connectivity index (χ2v) is 6.43. The third-order valence-corrected chi connectivity index (χ3v) is 3.36. The number of halogens is 1. The summed E-state index contributed by atoms with van der Waals surface area (Å²) in [6.07, 6.45) is 0. The number of nitrogens with zero attached hydrogens (tertiary/aromatic N) is 1. The van der Waals surface area contributed by atoms with Crippen LogP contribution in [-0.4, -0.2) is 29.3 Å². The number of amides is 2. The van der Waals surface area contributed by atoms with Gasteiger partial charge in [-0.2, -0.15) is 0 Å². The largest absolute Gasteiger partial charge is 0.344 e. The Morgan fingerprint density at radius 2 is 1.95 bits per heavy atom. The van der Waals surface area contributed by atoms with Gasteiger partial charge in [-0.25, -0.2) is 4.39 Å². The molecule has 4 nitrogen and oxygen atoms in total. The zero-order chi connectivity index (χ0) is 16.9. The normalized spacial score (nSPS) is 12.6. The van der Waals surface area contributed by atoms with E-state index in [4.69, 9.17) is 0 Å². The van der Waals surface area contributed by atoms with E-state index in [1.54, 1.807) is 44.7 Å². The van der Waals surface area contributed by atoms with Crippen LogP contribution in [0, 0.1) is 11.2 Å². The molecule has 22 heavy (non-hydrogen) atoms. The van der Waals surface area contributed by atoms with Crippen LogP contribution < -0.4 is 5.32 Å². The molecule has 0 aliphatic rings. The Morgan fingerprint density at radius 1 is 1.32 bits per heavy atom. The summed E-state index contributed by atoms with van der Waals surface area (Å²) >= 11 is 0. The van der Waals surface area contributed by atoms with Crippen molar-refractivity contribution < 1.29 is 14.0 Å². The highest BCUT2D eigenvalue weighted by Crippen LogP contribution is 2.14. The van der Waals surface area contributed by atoms with E-state index < -0.39 is 11.5 Å². The van der Waals surface area contributed by atoms with Gasteiger partial charge in [0.25, 0.3) is 0 Å². The van der Waals surface area contributed by atoms with E-state index in [1.165, 1.54) is 12.1 Å². The van der Waals surface area contributed by atoms with Crippen LogP contribution in [0.15, 0.2) is 24.3 Å². The van der Waals surface area contributed by atoms with Crippen molar-refractivity contribution in [2.45, 2.75) is 47.2 Å². The minimum Gasteiger partial charge on any atom is -0.344 e. The lowest BCUT2D eigenvalue weighted by molar-refractivity contribution is -0.138. The maximum absolute atomic E-state index is 13.2. The molecule has 1 unspecified atom stereocenters. The van der Waals surface area contributed by atoms with Crippen molar-refractivity contribution in [2.75, 3.05) is 6.54 Å². The van der Waals surface area contributed by atoms with Crippen LogP contribution in [0.25, 0.3) is 0 Å². The van der Waals surface area contributed by atoms with Gasteiger partial charge in [0.15, 0.2) is 0 Å². The molecule has 0 saturated carbocycles. The number of hydrogen-bond acceptors (Lipinski definition) is 2. The molecule has 1 atom stereocenters. The maximum Gasteiger partial charge on any atom is 0.245 e. The van der Waals surface area contributed by atoms with Gasteiger partial charge in [0.05, 0.1) is 0 Å². The van der Waals surface area contributed by atoms with E-state index in [0.717, 1.165) is 5.56 Å². The van der Waals surface area contributed by atoms with Crippen molar-refractivity contribution in [3.8, 4) is 0 Å². The van der Waals surface area contributed by atoms with E-state index in [2.05, 4.69) is 5.32 Å². The van der Waals surface area contributed by atoms with E-state index in [0.29, 0.717) is 13.1 Å². The van der Waals surface area contributed by atoms with Crippen molar-refractivity contribution in [3.63, 3.8) is 0 Å². The van der Waals surface area contributed by atoms with Crippen LogP contribution in [-0.2, 0) is 16.1 Å². The zero-order valence-electron chi connectivity index (χ0n) is 13.9.